The lowest BCUT2D eigenvalue weighted by molar-refractivity contribution is -0.132. The minimum Gasteiger partial charge on any atom is -0.339 e. The molecule has 9 heteroatoms. The maximum Gasteiger partial charge on any atom is 0.243 e. The number of benzene rings is 2. The molecule has 3 aromatic rings. The van der Waals surface area contributed by atoms with Crippen molar-refractivity contribution in [1.29, 1.82) is 0 Å². The van der Waals surface area contributed by atoms with Crippen molar-refractivity contribution in [1.82, 2.24) is 13.8 Å². The molecule has 31 heavy (non-hydrogen) atoms. The number of Topliss-reactive ketones (excluding diaryl/α,β-unsaturated/α-hetero) is 1. The molecule has 162 valence electrons. The highest BCUT2D eigenvalue weighted by Gasteiger charge is 2.30. The molecule has 0 radical (unpaired) electrons. The van der Waals surface area contributed by atoms with Crippen molar-refractivity contribution < 1.29 is 22.4 Å². The first-order valence-electron chi connectivity index (χ1n) is 9.89. The van der Waals surface area contributed by atoms with Gasteiger partial charge in [0.15, 0.2) is 5.78 Å². The fourth-order valence-electron chi connectivity index (χ4n) is 3.84. The van der Waals surface area contributed by atoms with E-state index in [1.54, 1.807) is 15.7 Å². The number of hydrogen-bond donors (Lipinski definition) is 0. The second-order valence-corrected chi connectivity index (χ2v) is 9.42. The van der Waals surface area contributed by atoms with Crippen LogP contribution in [0.4, 0.5) is 4.39 Å². The lowest BCUT2D eigenvalue weighted by atomic mass is 10.1. The summed E-state index contributed by atoms with van der Waals surface area (Å²) in [6, 6.07) is 12.1. The van der Waals surface area contributed by atoms with E-state index in [2.05, 4.69) is 0 Å². The average Bonchev–Trinajstić information content (AvgIpc) is 3.13. The lowest BCUT2D eigenvalue weighted by Gasteiger charge is -2.34. The summed E-state index contributed by atoms with van der Waals surface area (Å²) in [6.07, 6.45) is 1.69. The molecule has 2 heterocycles. The maximum atomic E-state index is 13.1. The third kappa shape index (κ3) is 4.11. The monoisotopic (exact) mass is 443 g/mol. The Bertz CT molecular complexity index is 1240. The molecular formula is C22H22FN3O4S. The molecule has 1 amide bonds. The predicted molar refractivity (Wildman–Crippen MR) is 114 cm³/mol. The van der Waals surface area contributed by atoms with Crippen molar-refractivity contribution >= 4 is 32.6 Å². The number of para-hydroxylation sites is 1. The Kier molecular flexibility index (Phi) is 5.63. The Morgan fingerprint density at radius 3 is 2.26 bits per heavy atom. The highest BCUT2D eigenvalue weighted by atomic mass is 32.2. The fourth-order valence-corrected chi connectivity index (χ4v) is 5.26. The normalized spacial score (nSPS) is 15.4. The molecule has 1 aliphatic rings. The molecule has 1 fully saturated rings. The third-order valence-electron chi connectivity index (χ3n) is 5.52. The van der Waals surface area contributed by atoms with E-state index in [1.807, 2.05) is 24.3 Å². The molecule has 1 saturated heterocycles. The van der Waals surface area contributed by atoms with Crippen LogP contribution in [-0.4, -0.2) is 60.1 Å². The van der Waals surface area contributed by atoms with Crippen molar-refractivity contribution in [2.24, 2.45) is 0 Å². The molecule has 0 saturated carbocycles. The number of nitrogens with zero attached hydrogens (tertiary/aromatic N) is 3. The SMILES string of the molecule is CC(=O)c1cn(CC(=O)N2CCN(S(=O)(=O)c3ccc(F)cc3)CC2)c2ccccc12. The van der Waals surface area contributed by atoms with Gasteiger partial charge in [-0.1, -0.05) is 18.2 Å². The highest BCUT2D eigenvalue weighted by molar-refractivity contribution is 7.89. The number of carbonyl (C=O) groups excluding carboxylic acids is 2. The van der Waals surface area contributed by atoms with E-state index in [1.165, 1.54) is 23.4 Å². The van der Waals surface area contributed by atoms with Gasteiger partial charge in [0.05, 0.1) is 4.90 Å². The number of sulfonamides is 1. The first-order chi connectivity index (χ1) is 14.8. The highest BCUT2D eigenvalue weighted by Crippen LogP contribution is 2.23. The van der Waals surface area contributed by atoms with Gasteiger partial charge in [0.25, 0.3) is 0 Å². The second kappa shape index (κ2) is 8.24. The summed E-state index contributed by atoms with van der Waals surface area (Å²) < 4.78 is 41.7. The van der Waals surface area contributed by atoms with Gasteiger partial charge >= 0.3 is 0 Å². The summed E-state index contributed by atoms with van der Waals surface area (Å²) in [5, 5.41) is 0.804. The molecule has 0 aliphatic carbocycles. The van der Waals surface area contributed by atoms with E-state index in [-0.39, 0.29) is 49.3 Å². The van der Waals surface area contributed by atoms with Crippen LogP contribution in [0.15, 0.2) is 59.6 Å². The predicted octanol–water partition coefficient (Wildman–Crippen LogP) is 2.52. The van der Waals surface area contributed by atoms with Gasteiger partial charge in [-0.3, -0.25) is 9.59 Å². The Labute approximate surface area is 179 Å². The van der Waals surface area contributed by atoms with Gasteiger partial charge < -0.3 is 9.47 Å². The molecule has 1 aromatic heterocycles. The second-order valence-electron chi connectivity index (χ2n) is 7.48. The number of rotatable bonds is 5. The van der Waals surface area contributed by atoms with Crippen LogP contribution in [0.25, 0.3) is 10.9 Å². The number of hydrogen-bond acceptors (Lipinski definition) is 4. The van der Waals surface area contributed by atoms with Crippen LogP contribution in [-0.2, 0) is 21.4 Å². The van der Waals surface area contributed by atoms with Gasteiger partial charge in [0, 0.05) is 48.8 Å². The molecule has 1 aliphatic heterocycles. The summed E-state index contributed by atoms with van der Waals surface area (Å²) in [7, 11) is -3.74. The first-order valence-corrected chi connectivity index (χ1v) is 11.3. The first kappa shape index (κ1) is 21.2. The van der Waals surface area contributed by atoms with E-state index in [9.17, 15) is 22.4 Å². The van der Waals surface area contributed by atoms with Crippen molar-refractivity contribution in [2.75, 3.05) is 26.2 Å². The number of halogens is 1. The van der Waals surface area contributed by atoms with E-state index < -0.39 is 15.8 Å². The molecule has 4 rings (SSSR count). The van der Waals surface area contributed by atoms with Crippen LogP contribution in [0.2, 0.25) is 0 Å². The van der Waals surface area contributed by atoms with Gasteiger partial charge in [-0.15, -0.1) is 0 Å². The standard InChI is InChI=1S/C22H22FN3O4S/c1-16(27)20-14-25(21-5-3-2-4-19(20)21)15-22(28)24-10-12-26(13-11-24)31(29,30)18-8-6-17(23)7-9-18/h2-9,14H,10-13,15H2,1H3. The van der Waals surface area contributed by atoms with Gasteiger partial charge in [0.2, 0.25) is 15.9 Å². The van der Waals surface area contributed by atoms with E-state index >= 15 is 0 Å². The lowest BCUT2D eigenvalue weighted by Crippen LogP contribution is -2.51. The molecule has 0 bridgehead atoms. The Balaban J connectivity index is 1.45. The van der Waals surface area contributed by atoms with Gasteiger partial charge in [0.1, 0.15) is 12.4 Å². The summed E-state index contributed by atoms with van der Waals surface area (Å²) in [5.74, 6) is -0.712. The fraction of sp³-hybridized carbons (Fsp3) is 0.273. The molecular weight excluding hydrogens is 421 g/mol. The van der Waals surface area contributed by atoms with Crippen LogP contribution in [0.5, 0.6) is 0 Å². The molecule has 0 N–H and O–H groups in total. The number of piperazine rings is 1. The maximum absolute atomic E-state index is 13.1. The third-order valence-corrected chi connectivity index (χ3v) is 7.43. The van der Waals surface area contributed by atoms with Gasteiger partial charge in [-0.2, -0.15) is 4.31 Å². The Morgan fingerprint density at radius 2 is 1.61 bits per heavy atom. The largest absolute Gasteiger partial charge is 0.339 e. The topological polar surface area (TPSA) is 79.7 Å². The van der Waals surface area contributed by atoms with E-state index in [0.717, 1.165) is 23.0 Å². The number of carbonyl (C=O) groups is 2. The number of amides is 1. The summed E-state index contributed by atoms with van der Waals surface area (Å²) in [4.78, 5) is 26.5. The van der Waals surface area contributed by atoms with Crippen LogP contribution in [0.3, 0.4) is 0 Å². The van der Waals surface area contributed by atoms with Crippen LogP contribution in [0.1, 0.15) is 17.3 Å². The van der Waals surface area contributed by atoms with Gasteiger partial charge in [-0.05, 0) is 37.3 Å². The van der Waals surface area contributed by atoms with Gasteiger partial charge in [-0.25, -0.2) is 12.8 Å². The Hall–Kier alpha value is -3.04. The Morgan fingerprint density at radius 1 is 0.968 bits per heavy atom. The molecule has 0 unspecified atom stereocenters. The van der Waals surface area contributed by atoms with E-state index in [0.29, 0.717) is 5.56 Å². The average molecular weight is 444 g/mol. The molecule has 0 spiro atoms. The van der Waals surface area contributed by atoms with Crippen LogP contribution < -0.4 is 0 Å². The number of fused-ring (bicyclic) bond motifs is 1. The molecule has 2 aromatic carbocycles. The molecule has 0 atom stereocenters. The van der Waals surface area contributed by atoms with E-state index in [4.69, 9.17) is 0 Å². The summed E-state index contributed by atoms with van der Waals surface area (Å²) >= 11 is 0. The summed E-state index contributed by atoms with van der Waals surface area (Å²) in [5.41, 5.74) is 1.37. The minimum absolute atomic E-state index is 0.0317. The number of aromatic nitrogens is 1. The van der Waals surface area contributed by atoms with Crippen LogP contribution >= 0.6 is 0 Å². The van der Waals surface area contributed by atoms with Crippen molar-refractivity contribution in [3.63, 3.8) is 0 Å². The zero-order valence-corrected chi connectivity index (χ0v) is 17.8. The zero-order valence-electron chi connectivity index (χ0n) is 17.0. The molecule has 7 nitrogen and oxygen atoms in total. The van der Waals surface area contributed by atoms with Crippen molar-refractivity contribution in [2.45, 2.75) is 18.4 Å². The zero-order chi connectivity index (χ0) is 22.2. The summed E-state index contributed by atoms with van der Waals surface area (Å²) in [6.45, 7) is 2.41. The van der Waals surface area contributed by atoms with Crippen LogP contribution in [0, 0.1) is 5.82 Å². The van der Waals surface area contributed by atoms with Crippen molar-refractivity contribution in [3.05, 3.63) is 66.1 Å². The minimum atomic E-state index is -3.74. The quantitative estimate of drug-likeness (QED) is 0.568. The number of ketones is 1. The van der Waals surface area contributed by atoms with Crippen molar-refractivity contribution in [3.8, 4) is 0 Å². The smallest absolute Gasteiger partial charge is 0.243 e.